The molecule has 1 aliphatic rings. The molecule has 0 N–H and O–H groups in total. The number of para-hydroxylation sites is 1. The lowest BCUT2D eigenvalue weighted by molar-refractivity contribution is 0.344. The van der Waals surface area contributed by atoms with E-state index in [2.05, 4.69) is 122 Å². The fourth-order valence-corrected chi connectivity index (χ4v) is 9.54. The maximum atomic E-state index is 6.21. The molecule has 0 saturated carbocycles. The summed E-state index contributed by atoms with van der Waals surface area (Å²) in [5.41, 5.74) is 2.82. The zero-order chi connectivity index (χ0) is 21.1. The summed E-state index contributed by atoms with van der Waals surface area (Å²) in [5, 5.41) is 4.21. The third-order valence-corrected chi connectivity index (χ3v) is 11.1. The van der Waals surface area contributed by atoms with Crippen molar-refractivity contribution >= 4 is 29.3 Å². The minimum absolute atomic E-state index is 0.299. The van der Waals surface area contributed by atoms with Crippen LogP contribution in [0.4, 0.5) is 0 Å². The first-order valence-corrected chi connectivity index (χ1v) is 12.6. The zero-order valence-electron chi connectivity index (χ0n) is 17.7. The largest absolute Gasteiger partial charge is 0.488 e. The van der Waals surface area contributed by atoms with Crippen molar-refractivity contribution in [3.8, 4) is 5.75 Å². The minimum Gasteiger partial charge on any atom is -0.488 e. The molecule has 0 spiro atoms. The second kappa shape index (κ2) is 8.53. The minimum atomic E-state index is -1.97. The summed E-state index contributed by atoms with van der Waals surface area (Å²) < 4.78 is 6.21. The van der Waals surface area contributed by atoms with E-state index in [0.717, 1.165) is 5.75 Å². The molecule has 0 bridgehead atoms. The van der Waals surface area contributed by atoms with Crippen molar-refractivity contribution in [1.29, 1.82) is 0 Å². The highest BCUT2D eigenvalue weighted by Crippen LogP contribution is 2.62. The fraction of sp³-hybridized carbons (Fsp3) is 0.103. The lowest BCUT2D eigenvalue weighted by Crippen LogP contribution is -2.39. The van der Waals surface area contributed by atoms with E-state index in [9.17, 15) is 0 Å². The van der Waals surface area contributed by atoms with Gasteiger partial charge in [0.05, 0.1) is 0 Å². The Kier molecular flexibility index (Phi) is 5.45. The molecule has 1 unspecified atom stereocenters. The van der Waals surface area contributed by atoms with Crippen molar-refractivity contribution in [2.24, 2.45) is 0 Å². The summed E-state index contributed by atoms with van der Waals surface area (Å²) in [7, 11) is -1.97. The molecular weight excluding hydrogens is 395 g/mol. The number of hydrogen-bond acceptors (Lipinski definition) is 1. The number of fused-ring (bicyclic) bond motifs is 1. The summed E-state index contributed by atoms with van der Waals surface area (Å²) in [5.74, 6) is 0.974. The van der Waals surface area contributed by atoms with Crippen LogP contribution in [0.5, 0.6) is 5.75 Å². The van der Waals surface area contributed by atoms with Crippen LogP contribution in [0, 0.1) is 0 Å². The van der Waals surface area contributed by atoms with Gasteiger partial charge in [0.2, 0.25) is 0 Å². The highest BCUT2D eigenvalue weighted by molar-refractivity contribution is 7.96. The molecule has 152 valence electrons. The van der Waals surface area contributed by atoms with Crippen LogP contribution in [0.3, 0.4) is 0 Å². The molecular formula is C29H26OP+. The molecule has 31 heavy (non-hydrogen) atoms. The lowest BCUT2D eigenvalue weighted by atomic mass is 10.1. The van der Waals surface area contributed by atoms with Crippen molar-refractivity contribution in [3.05, 3.63) is 126 Å². The normalized spacial score (nSPS) is 14.2. The third-order valence-electron chi connectivity index (χ3n) is 6.26. The van der Waals surface area contributed by atoms with Crippen molar-refractivity contribution in [2.75, 3.05) is 6.61 Å². The van der Waals surface area contributed by atoms with Crippen LogP contribution < -0.4 is 20.7 Å². The van der Waals surface area contributed by atoms with Crippen LogP contribution in [-0.4, -0.2) is 12.3 Å². The smallest absolute Gasteiger partial charge is 0.127 e. The van der Waals surface area contributed by atoms with Gasteiger partial charge in [-0.05, 0) is 55.5 Å². The molecule has 5 rings (SSSR count). The molecule has 1 atom stereocenters. The van der Waals surface area contributed by atoms with E-state index >= 15 is 0 Å². The monoisotopic (exact) mass is 421 g/mol. The Morgan fingerprint density at radius 1 is 0.613 bits per heavy atom. The van der Waals surface area contributed by atoms with Gasteiger partial charge in [0.1, 0.15) is 41.2 Å². The molecule has 0 amide bonds. The van der Waals surface area contributed by atoms with E-state index in [1.54, 1.807) is 0 Å². The molecule has 1 heterocycles. The summed E-state index contributed by atoms with van der Waals surface area (Å²) in [6.45, 7) is 3.02. The number of ether oxygens (including phenoxy) is 1. The average molecular weight is 422 g/mol. The summed E-state index contributed by atoms with van der Waals surface area (Å²) >= 11 is 0. The first-order valence-electron chi connectivity index (χ1n) is 10.8. The van der Waals surface area contributed by atoms with Gasteiger partial charge >= 0.3 is 0 Å². The van der Waals surface area contributed by atoms with Crippen LogP contribution in [-0.2, 0) is 0 Å². The van der Waals surface area contributed by atoms with Crippen LogP contribution in [0.2, 0.25) is 0 Å². The molecule has 0 radical (unpaired) electrons. The zero-order valence-corrected chi connectivity index (χ0v) is 18.6. The Morgan fingerprint density at radius 2 is 1.06 bits per heavy atom. The number of hydrogen-bond donors (Lipinski definition) is 0. The van der Waals surface area contributed by atoms with Crippen molar-refractivity contribution in [2.45, 2.75) is 12.6 Å². The van der Waals surface area contributed by atoms with Crippen LogP contribution in [0.1, 0.15) is 12.5 Å². The maximum absolute atomic E-state index is 6.21. The van der Waals surface area contributed by atoms with Crippen LogP contribution >= 0.6 is 7.26 Å². The predicted octanol–water partition coefficient (Wildman–Crippen LogP) is 5.85. The molecule has 2 heteroatoms. The van der Waals surface area contributed by atoms with Crippen LogP contribution in [0.15, 0.2) is 121 Å². The second-order valence-corrected chi connectivity index (χ2v) is 11.7. The van der Waals surface area contributed by atoms with Crippen molar-refractivity contribution in [1.82, 2.24) is 0 Å². The standard InChI is InChI=1S/C29H26OP/c1-23(25-21-24-13-11-12-20-29(24)30-22-25)31(26-14-5-2-6-15-26,27-16-7-3-8-17-27)28-18-9-4-10-19-28/h2-21,23H,22H2,1H3/q+1. The fourth-order valence-electron chi connectivity index (χ4n) is 4.73. The Bertz CT molecular complexity index is 1090. The van der Waals surface area contributed by atoms with Crippen molar-refractivity contribution < 1.29 is 4.74 Å². The van der Waals surface area contributed by atoms with E-state index < -0.39 is 7.26 Å². The quantitative estimate of drug-likeness (QED) is 0.368. The Labute approximate surface area is 185 Å². The van der Waals surface area contributed by atoms with E-state index in [4.69, 9.17) is 4.74 Å². The van der Waals surface area contributed by atoms with Gasteiger partial charge in [0.25, 0.3) is 0 Å². The first kappa shape index (κ1) is 19.8. The summed E-state index contributed by atoms with van der Waals surface area (Å²) in [6, 6.07) is 41.5. The predicted molar refractivity (Wildman–Crippen MR) is 135 cm³/mol. The molecule has 4 aromatic rings. The Hall–Kier alpha value is -3.15. The summed E-state index contributed by atoms with van der Waals surface area (Å²) in [6.07, 6.45) is 2.35. The Morgan fingerprint density at radius 3 is 1.58 bits per heavy atom. The lowest BCUT2D eigenvalue weighted by Gasteiger charge is -2.35. The SMILES string of the molecule is CC(C1=Cc2ccccc2OC1)[P+](c1ccccc1)(c1ccccc1)c1ccccc1. The third kappa shape index (κ3) is 3.50. The number of benzene rings is 4. The highest BCUT2D eigenvalue weighted by atomic mass is 31.2. The van der Waals surface area contributed by atoms with E-state index in [0.29, 0.717) is 12.3 Å². The van der Waals surface area contributed by atoms with Gasteiger partial charge in [0.15, 0.2) is 0 Å². The van der Waals surface area contributed by atoms with Crippen molar-refractivity contribution in [3.63, 3.8) is 0 Å². The average Bonchev–Trinajstić information content (AvgIpc) is 2.86. The van der Waals surface area contributed by atoms with Gasteiger partial charge in [-0.15, -0.1) is 0 Å². The number of rotatable bonds is 5. The van der Waals surface area contributed by atoms with Crippen LogP contribution in [0.25, 0.3) is 6.08 Å². The molecule has 0 saturated heterocycles. The molecule has 0 aromatic heterocycles. The van der Waals surface area contributed by atoms with E-state index in [1.807, 2.05) is 6.07 Å². The first-order chi connectivity index (χ1) is 15.3. The Balaban J connectivity index is 1.77. The van der Waals surface area contributed by atoms with Gasteiger partial charge in [-0.2, -0.15) is 0 Å². The summed E-state index contributed by atoms with van der Waals surface area (Å²) in [4.78, 5) is 0. The highest BCUT2D eigenvalue weighted by Gasteiger charge is 2.51. The van der Waals surface area contributed by atoms with E-state index in [-0.39, 0.29) is 0 Å². The molecule has 0 fully saturated rings. The van der Waals surface area contributed by atoms with E-state index in [1.165, 1.54) is 27.1 Å². The van der Waals surface area contributed by atoms with Gasteiger partial charge in [0, 0.05) is 11.1 Å². The van der Waals surface area contributed by atoms with Gasteiger partial charge < -0.3 is 4.74 Å². The second-order valence-electron chi connectivity index (χ2n) is 7.95. The molecule has 4 aromatic carbocycles. The van der Waals surface area contributed by atoms with Gasteiger partial charge in [-0.1, -0.05) is 72.8 Å². The van der Waals surface area contributed by atoms with Gasteiger partial charge in [-0.25, -0.2) is 0 Å². The van der Waals surface area contributed by atoms with Gasteiger partial charge in [-0.3, -0.25) is 0 Å². The molecule has 0 aliphatic carbocycles. The topological polar surface area (TPSA) is 9.23 Å². The maximum Gasteiger partial charge on any atom is 0.127 e. The molecule has 1 nitrogen and oxygen atoms in total. The molecule has 1 aliphatic heterocycles.